The number of nitrogens with one attached hydrogen (secondary N) is 1. The fourth-order valence-corrected chi connectivity index (χ4v) is 4.41. The molecular weight excluding hydrogens is 464 g/mol. The predicted molar refractivity (Wildman–Crippen MR) is 140 cm³/mol. The number of nitrogens with zero attached hydrogens (tertiary/aromatic N) is 5. The van der Waals surface area contributed by atoms with Crippen molar-refractivity contribution in [2.45, 2.75) is 26.4 Å². The first-order chi connectivity index (χ1) is 16.7. The highest BCUT2D eigenvalue weighted by molar-refractivity contribution is 7.92. The van der Waals surface area contributed by atoms with Crippen LogP contribution in [0.15, 0.2) is 46.8 Å². The third-order valence-electron chi connectivity index (χ3n) is 5.52. The van der Waals surface area contributed by atoms with Crippen LogP contribution in [0.1, 0.15) is 18.2 Å². The molecule has 1 aliphatic heterocycles. The Morgan fingerprint density at radius 1 is 1.17 bits per heavy atom. The van der Waals surface area contributed by atoms with Gasteiger partial charge in [-0.15, -0.1) is 0 Å². The highest BCUT2D eigenvalue weighted by Crippen LogP contribution is 2.28. The van der Waals surface area contributed by atoms with E-state index in [1.165, 1.54) is 0 Å². The second-order valence-electron chi connectivity index (χ2n) is 8.88. The topological polar surface area (TPSA) is 102 Å². The molecule has 1 fully saturated rings. The standard InChI is InChI=1S/C25H32N6O3S/c1-17-12-20(13-22(27-17)26-15-19-6-8-21(33-3)9-7-19)25-28-23(30-35(4,5)32)14-24(29-25)31-10-11-34-16-18(31)2/h6-9,12-14,18H,10-11,15-16H2,1-5H3,(H,26,27)/t18-/m1/s1. The van der Waals surface area contributed by atoms with E-state index in [1.807, 2.05) is 43.3 Å². The van der Waals surface area contributed by atoms with Crippen molar-refractivity contribution in [1.82, 2.24) is 15.0 Å². The molecular formula is C25H32N6O3S. The van der Waals surface area contributed by atoms with Gasteiger partial charge >= 0.3 is 0 Å². The number of rotatable bonds is 7. The number of ether oxygens (including phenoxy) is 2. The number of hydrogen-bond acceptors (Lipinski definition) is 9. The SMILES string of the molecule is COc1ccc(CNc2cc(-c3nc(N=S(C)(C)=O)cc(N4CCOC[C@H]4C)n3)cc(C)n2)cc1. The lowest BCUT2D eigenvalue weighted by molar-refractivity contribution is 0.0985. The normalized spacial score (nSPS) is 16.1. The first kappa shape index (κ1) is 24.9. The summed E-state index contributed by atoms with van der Waals surface area (Å²) < 4.78 is 27.6. The fourth-order valence-electron chi connectivity index (χ4n) is 3.86. The van der Waals surface area contributed by atoms with Crippen molar-refractivity contribution in [3.05, 3.63) is 53.7 Å². The molecule has 9 nitrogen and oxygen atoms in total. The summed E-state index contributed by atoms with van der Waals surface area (Å²) in [6.07, 6.45) is 3.20. The molecule has 10 heteroatoms. The van der Waals surface area contributed by atoms with Crippen molar-refractivity contribution in [2.75, 3.05) is 49.6 Å². The largest absolute Gasteiger partial charge is 0.497 e. The van der Waals surface area contributed by atoms with Gasteiger partial charge in [0.05, 0.1) is 26.4 Å². The number of methoxy groups -OCH3 is 1. The Morgan fingerprint density at radius 3 is 2.63 bits per heavy atom. The van der Waals surface area contributed by atoms with Crippen LogP contribution in [-0.2, 0) is 21.0 Å². The van der Waals surface area contributed by atoms with Crippen molar-refractivity contribution < 1.29 is 13.7 Å². The summed E-state index contributed by atoms with van der Waals surface area (Å²) in [7, 11) is -0.737. The van der Waals surface area contributed by atoms with E-state index in [2.05, 4.69) is 31.5 Å². The summed E-state index contributed by atoms with van der Waals surface area (Å²) in [5.41, 5.74) is 2.76. The summed E-state index contributed by atoms with van der Waals surface area (Å²) in [5.74, 6) is 3.20. The van der Waals surface area contributed by atoms with Gasteiger partial charge < -0.3 is 19.7 Å². The summed E-state index contributed by atoms with van der Waals surface area (Å²) in [6.45, 7) is 6.61. The number of hydrogen-bond donors (Lipinski definition) is 1. The monoisotopic (exact) mass is 496 g/mol. The Hall–Kier alpha value is -3.24. The zero-order valence-corrected chi connectivity index (χ0v) is 21.6. The van der Waals surface area contributed by atoms with Crippen LogP contribution in [0.3, 0.4) is 0 Å². The smallest absolute Gasteiger partial charge is 0.167 e. The highest BCUT2D eigenvalue weighted by Gasteiger charge is 2.22. The van der Waals surface area contributed by atoms with Crippen LogP contribution in [0.25, 0.3) is 11.4 Å². The second-order valence-corrected chi connectivity index (χ2v) is 11.4. The number of benzene rings is 1. The number of morpholine rings is 1. The van der Waals surface area contributed by atoms with Crippen molar-refractivity contribution in [1.29, 1.82) is 0 Å². The maximum Gasteiger partial charge on any atom is 0.167 e. The molecule has 3 aromatic rings. The van der Waals surface area contributed by atoms with Gasteiger partial charge in [-0.1, -0.05) is 12.1 Å². The van der Waals surface area contributed by atoms with Crippen LogP contribution < -0.4 is 15.0 Å². The van der Waals surface area contributed by atoms with E-state index < -0.39 is 9.73 Å². The molecule has 0 saturated carbocycles. The zero-order chi connectivity index (χ0) is 25.0. The fraction of sp³-hybridized carbons (Fsp3) is 0.400. The Labute approximate surface area is 207 Å². The lowest BCUT2D eigenvalue weighted by Crippen LogP contribution is -2.44. The van der Waals surface area contributed by atoms with E-state index in [9.17, 15) is 4.21 Å². The summed E-state index contributed by atoms with van der Waals surface area (Å²) in [5, 5.41) is 3.38. The molecule has 1 atom stereocenters. The summed E-state index contributed by atoms with van der Waals surface area (Å²) in [6, 6.07) is 13.7. The molecule has 0 aliphatic carbocycles. The van der Waals surface area contributed by atoms with Crippen LogP contribution in [0.2, 0.25) is 0 Å². The first-order valence-corrected chi connectivity index (χ1v) is 13.8. The third-order valence-corrected chi connectivity index (χ3v) is 6.15. The molecule has 0 amide bonds. The summed E-state index contributed by atoms with van der Waals surface area (Å²) in [4.78, 5) is 16.3. The third kappa shape index (κ3) is 6.67. The quantitative estimate of drug-likeness (QED) is 0.523. The average Bonchev–Trinajstić information content (AvgIpc) is 2.82. The minimum Gasteiger partial charge on any atom is -0.497 e. The van der Waals surface area contributed by atoms with Gasteiger partial charge in [-0.2, -0.15) is 4.36 Å². The lowest BCUT2D eigenvalue weighted by atomic mass is 10.2. The Balaban J connectivity index is 1.68. The average molecular weight is 497 g/mol. The number of anilines is 2. The van der Waals surface area contributed by atoms with Crippen LogP contribution in [0.5, 0.6) is 5.75 Å². The van der Waals surface area contributed by atoms with Crippen LogP contribution in [-0.4, -0.2) is 64.6 Å². The Kier molecular flexibility index (Phi) is 7.51. The molecule has 0 spiro atoms. The van der Waals surface area contributed by atoms with E-state index in [1.54, 1.807) is 25.7 Å². The maximum atomic E-state index is 12.4. The highest BCUT2D eigenvalue weighted by atomic mass is 32.2. The molecule has 1 aliphatic rings. The van der Waals surface area contributed by atoms with Gasteiger partial charge in [0.1, 0.15) is 17.4 Å². The van der Waals surface area contributed by atoms with E-state index >= 15 is 0 Å². The molecule has 0 unspecified atom stereocenters. The minimum atomic E-state index is -2.39. The molecule has 4 rings (SSSR count). The summed E-state index contributed by atoms with van der Waals surface area (Å²) >= 11 is 0. The van der Waals surface area contributed by atoms with E-state index in [0.717, 1.165) is 34.2 Å². The van der Waals surface area contributed by atoms with E-state index in [4.69, 9.17) is 14.5 Å². The zero-order valence-electron chi connectivity index (χ0n) is 20.8. The molecule has 186 valence electrons. The number of aromatic nitrogens is 3. The molecule has 1 saturated heterocycles. The first-order valence-electron chi connectivity index (χ1n) is 11.5. The van der Waals surface area contributed by atoms with Gasteiger partial charge in [0, 0.05) is 52.7 Å². The van der Waals surface area contributed by atoms with Crippen LogP contribution in [0, 0.1) is 6.92 Å². The van der Waals surface area contributed by atoms with Gasteiger partial charge in [-0.25, -0.2) is 19.2 Å². The molecule has 35 heavy (non-hydrogen) atoms. The Morgan fingerprint density at radius 2 is 1.94 bits per heavy atom. The predicted octanol–water partition coefficient (Wildman–Crippen LogP) is 4.05. The molecule has 0 radical (unpaired) electrons. The minimum absolute atomic E-state index is 0.160. The van der Waals surface area contributed by atoms with Gasteiger partial charge in [0.25, 0.3) is 0 Å². The van der Waals surface area contributed by atoms with Crippen LogP contribution in [0.4, 0.5) is 17.5 Å². The second kappa shape index (κ2) is 10.6. The molecule has 1 N–H and O–H groups in total. The van der Waals surface area contributed by atoms with Crippen molar-refractivity contribution >= 4 is 27.2 Å². The molecule has 0 bridgehead atoms. The number of aryl methyl sites for hydroxylation is 1. The number of pyridine rings is 1. The van der Waals surface area contributed by atoms with Crippen molar-refractivity contribution in [2.24, 2.45) is 4.36 Å². The van der Waals surface area contributed by atoms with Gasteiger partial charge in [0.2, 0.25) is 0 Å². The van der Waals surface area contributed by atoms with Gasteiger partial charge in [-0.05, 0) is 43.7 Å². The van der Waals surface area contributed by atoms with E-state index in [0.29, 0.717) is 37.9 Å². The molecule has 3 heterocycles. The lowest BCUT2D eigenvalue weighted by Gasteiger charge is -2.34. The van der Waals surface area contributed by atoms with Crippen LogP contribution >= 0.6 is 0 Å². The van der Waals surface area contributed by atoms with Gasteiger partial charge in [0.15, 0.2) is 11.6 Å². The molecule has 1 aromatic carbocycles. The molecule has 2 aromatic heterocycles. The van der Waals surface area contributed by atoms with Crippen molar-refractivity contribution in [3.8, 4) is 17.1 Å². The van der Waals surface area contributed by atoms with Crippen molar-refractivity contribution in [3.63, 3.8) is 0 Å². The Bertz CT molecular complexity index is 1300. The maximum absolute atomic E-state index is 12.4. The van der Waals surface area contributed by atoms with Gasteiger partial charge in [-0.3, -0.25) is 0 Å². The van der Waals surface area contributed by atoms with E-state index in [-0.39, 0.29) is 6.04 Å².